The molecule has 0 heterocycles. The smallest absolute Gasteiger partial charge is 0.416 e. The molecular weight excluding hydrogens is 363 g/mol. The van der Waals surface area contributed by atoms with Crippen LogP contribution in [0.5, 0.6) is 0 Å². The summed E-state index contributed by atoms with van der Waals surface area (Å²) in [5.74, 6) is -0.946. The summed E-state index contributed by atoms with van der Waals surface area (Å²) in [6, 6.07) is 2.65. The summed E-state index contributed by atoms with van der Waals surface area (Å²) in [5.41, 5.74) is 14.6. The van der Waals surface area contributed by atoms with Gasteiger partial charge in [-0.15, -0.1) is 0 Å². The standard InChI is InChI=1S/C14H17F3N4O2.C2H6.CH5N/c1-3-23-13(22)9(7-20-2)12(19)21-11-5-4-8(6-10(11)18)14(15,16)17;2*1-2/h4-7,20H,3,18H2,1-2H3,(H2,19,21);1-2H3;2H2,1H3/b9-7+;;. The molecule has 0 fully saturated rings. The van der Waals surface area contributed by atoms with E-state index in [1.165, 1.54) is 13.2 Å². The summed E-state index contributed by atoms with van der Waals surface area (Å²) in [5, 5.41) is 2.61. The second-order valence-electron chi connectivity index (χ2n) is 4.34. The Morgan fingerprint density at radius 3 is 2.26 bits per heavy atom. The van der Waals surface area contributed by atoms with Gasteiger partial charge in [0.2, 0.25) is 0 Å². The first-order chi connectivity index (χ1) is 12.7. The van der Waals surface area contributed by atoms with Gasteiger partial charge in [0.1, 0.15) is 11.4 Å². The molecule has 0 unspecified atom stereocenters. The number of amidine groups is 1. The Labute approximate surface area is 157 Å². The lowest BCUT2D eigenvalue weighted by Gasteiger charge is -2.10. The van der Waals surface area contributed by atoms with E-state index in [9.17, 15) is 18.0 Å². The zero-order valence-electron chi connectivity index (χ0n) is 16.1. The minimum absolute atomic E-state index is 0.0156. The molecule has 1 aromatic rings. The number of nitrogens with one attached hydrogen (secondary N) is 1. The topological polar surface area (TPSA) is 129 Å². The first kappa shape index (κ1) is 26.5. The van der Waals surface area contributed by atoms with Crippen molar-refractivity contribution in [3.8, 4) is 0 Å². The number of carbonyl (C=O) groups is 1. The number of nitrogens with zero attached hydrogens (tertiary/aromatic N) is 1. The number of esters is 1. The Bertz CT molecular complexity index is 644. The Balaban J connectivity index is 0. The monoisotopic (exact) mass is 391 g/mol. The molecule has 0 saturated carbocycles. The van der Waals surface area contributed by atoms with Crippen LogP contribution in [0.4, 0.5) is 24.5 Å². The number of alkyl halides is 3. The molecule has 7 nitrogen and oxygen atoms in total. The van der Waals surface area contributed by atoms with Crippen LogP contribution in [-0.2, 0) is 15.7 Å². The molecule has 0 bridgehead atoms. The number of nitrogen functional groups attached to an aromatic ring is 1. The lowest BCUT2D eigenvalue weighted by atomic mass is 10.1. The molecule has 1 rings (SSSR count). The van der Waals surface area contributed by atoms with Gasteiger partial charge in [-0.25, -0.2) is 9.79 Å². The molecule has 0 radical (unpaired) electrons. The van der Waals surface area contributed by atoms with Crippen LogP contribution in [0.2, 0.25) is 0 Å². The zero-order valence-corrected chi connectivity index (χ0v) is 16.1. The minimum Gasteiger partial charge on any atom is -0.462 e. The van der Waals surface area contributed by atoms with Crippen molar-refractivity contribution in [1.82, 2.24) is 5.32 Å². The molecule has 0 aliphatic carbocycles. The number of benzene rings is 1. The van der Waals surface area contributed by atoms with Crippen molar-refractivity contribution in [2.24, 2.45) is 16.5 Å². The van der Waals surface area contributed by atoms with E-state index in [1.807, 2.05) is 13.8 Å². The van der Waals surface area contributed by atoms with Crippen molar-refractivity contribution >= 4 is 23.2 Å². The molecular formula is C17H28F3N5O2. The third-order valence-electron chi connectivity index (χ3n) is 2.66. The highest BCUT2D eigenvalue weighted by atomic mass is 19.4. The number of aliphatic imine (C=N–C) groups is 1. The summed E-state index contributed by atoms with van der Waals surface area (Å²) in [7, 11) is 3.04. The third kappa shape index (κ3) is 8.95. The number of ether oxygens (including phenoxy) is 1. The van der Waals surface area contributed by atoms with Gasteiger partial charge in [0, 0.05) is 13.2 Å². The molecule has 0 spiro atoms. The molecule has 0 atom stereocenters. The van der Waals surface area contributed by atoms with Gasteiger partial charge < -0.3 is 27.3 Å². The van der Waals surface area contributed by atoms with Gasteiger partial charge in [0.15, 0.2) is 0 Å². The first-order valence-electron chi connectivity index (χ1n) is 8.14. The molecule has 1 aromatic carbocycles. The first-order valence-corrected chi connectivity index (χ1v) is 8.14. The van der Waals surface area contributed by atoms with Crippen LogP contribution < -0.4 is 22.5 Å². The Kier molecular flexibility index (Phi) is 13.2. The number of anilines is 1. The number of rotatable bonds is 5. The van der Waals surface area contributed by atoms with Crippen molar-refractivity contribution in [2.75, 3.05) is 26.4 Å². The summed E-state index contributed by atoms with van der Waals surface area (Å²) in [6.07, 6.45) is -3.23. The van der Waals surface area contributed by atoms with Crippen molar-refractivity contribution in [1.29, 1.82) is 0 Å². The maximum Gasteiger partial charge on any atom is 0.416 e. The Morgan fingerprint density at radius 2 is 1.85 bits per heavy atom. The van der Waals surface area contributed by atoms with Gasteiger partial charge in [0.25, 0.3) is 0 Å². The van der Waals surface area contributed by atoms with Crippen LogP contribution in [0.1, 0.15) is 26.3 Å². The van der Waals surface area contributed by atoms with E-state index in [4.69, 9.17) is 16.2 Å². The van der Waals surface area contributed by atoms with E-state index < -0.39 is 17.7 Å². The average Bonchev–Trinajstić information content (AvgIpc) is 2.63. The number of carbonyl (C=O) groups excluding carboxylic acids is 1. The highest BCUT2D eigenvalue weighted by molar-refractivity contribution is 6.18. The molecule has 0 aliphatic heterocycles. The van der Waals surface area contributed by atoms with Crippen LogP contribution in [0.15, 0.2) is 35.0 Å². The van der Waals surface area contributed by atoms with Crippen LogP contribution in [0.25, 0.3) is 0 Å². The lowest BCUT2D eigenvalue weighted by Crippen LogP contribution is -2.24. The zero-order chi connectivity index (χ0) is 21.6. The molecule has 10 heteroatoms. The van der Waals surface area contributed by atoms with Gasteiger partial charge in [-0.05, 0) is 32.2 Å². The minimum atomic E-state index is -4.51. The van der Waals surface area contributed by atoms with Crippen LogP contribution in [0, 0.1) is 0 Å². The van der Waals surface area contributed by atoms with E-state index in [2.05, 4.69) is 16.0 Å². The van der Waals surface area contributed by atoms with E-state index in [0.29, 0.717) is 0 Å². The number of halogens is 3. The van der Waals surface area contributed by atoms with E-state index >= 15 is 0 Å². The van der Waals surface area contributed by atoms with Gasteiger partial charge >= 0.3 is 12.1 Å². The molecule has 0 saturated heterocycles. The molecule has 7 N–H and O–H groups in total. The summed E-state index contributed by atoms with van der Waals surface area (Å²) < 4.78 is 42.6. The van der Waals surface area contributed by atoms with E-state index in [1.54, 1.807) is 14.0 Å². The fourth-order valence-corrected chi connectivity index (χ4v) is 1.61. The Morgan fingerprint density at radius 1 is 1.30 bits per heavy atom. The molecule has 0 aliphatic rings. The number of hydrogen-bond acceptors (Lipinski definition) is 6. The van der Waals surface area contributed by atoms with Gasteiger partial charge in [-0.3, -0.25) is 0 Å². The molecule has 0 amide bonds. The SMILES string of the molecule is CC.CCOC(=O)/C(=C/NC)C(N)=Nc1ccc(C(F)(F)F)cc1N.CN. The van der Waals surface area contributed by atoms with Crippen LogP contribution in [0.3, 0.4) is 0 Å². The van der Waals surface area contributed by atoms with Crippen molar-refractivity contribution < 1.29 is 22.7 Å². The second-order valence-corrected chi connectivity index (χ2v) is 4.34. The van der Waals surface area contributed by atoms with Gasteiger partial charge in [-0.2, -0.15) is 13.2 Å². The predicted molar refractivity (Wildman–Crippen MR) is 102 cm³/mol. The maximum atomic E-state index is 12.6. The van der Waals surface area contributed by atoms with Crippen molar-refractivity contribution in [3.05, 3.63) is 35.5 Å². The number of nitrogens with two attached hydrogens (primary N) is 3. The molecule has 154 valence electrons. The quantitative estimate of drug-likeness (QED) is 0.201. The largest absolute Gasteiger partial charge is 0.462 e. The Hall–Kier alpha value is -2.75. The fraction of sp³-hybridized carbons (Fsp3) is 0.412. The van der Waals surface area contributed by atoms with Gasteiger partial charge in [-0.1, -0.05) is 13.8 Å². The van der Waals surface area contributed by atoms with Crippen LogP contribution >= 0.6 is 0 Å². The van der Waals surface area contributed by atoms with Crippen molar-refractivity contribution in [2.45, 2.75) is 26.9 Å². The second kappa shape index (κ2) is 13.5. The van der Waals surface area contributed by atoms with E-state index in [-0.39, 0.29) is 29.4 Å². The lowest BCUT2D eigenvalue weighted by molar-refractivity contribution is -0.138. The highest BCUT2D eigenvalue weighted by Crippen LogP contribution is 2.33. The van der Waals surface area contributed by atoms with Crippen molar-refractivity contribution in [3.63, 3.8) is 0 Å². The maximum absolute atomic E-state index is 12.6. The third-order valence-corrected chi connectivity index (χ3v) is 2.66. The average molecular weight is 391 g/mol. The van der Waals surface area contributed by atoms with Crippen LogP contribution in [-0.4, -0.2) is 32.5 Å². The van der Waals surface area contributed by atoms with E-state index in [0.717, 1.165) is 18.2 Å². The summed E-state index contributed by atoms with van der Waals surface area (Å²) >= 11 is 0. The molecule has 27 heavy (non-hydrogen) atoms. The predicted octanol–water partition coefficient (Wildman–Crippen LogP) is 2.54. The summed E-state index contributed by atoms with van der Waals surface area (Å²) in [4.78, 5) is 15.7. The highest BCUT2D eigenvalue weighted by Gasteiger charge is 2.30. The number of hydrogen-bond donors (Lipinski definition) is 4. The van der Waals surface area contributed by atoms with Gasteiger partial charge in [0.05, 0.1) is 23.5 Å². The molecule has 0 aromatic heterocycles. The fourth-order valence-electron chi connectivity index (χ4n) is 1.61. The summed E-state index contributed by atoms with van der Waals surface area (Å²) in [6.45, 7) is 5.76. The normalized spacial score (nSPS) is 11.4.